The number of amides is 2. The van der Waals surface area contributed by atoms with Crippen LogP contribution >= 0.6 is 0 Å². The molecule has 0 saturated heterocycles. The molecule has 2 aromatic rings. The fraction of sp³-hybridized carbons (Fsp3) is 0.200. The van der Waals surface area contributed by atoms with Gasteiger partial charge in [0, 0.05) is 18.3 Å². The highest BCUT2D eigenvalue weighted by molar-refractivity contribution is 5.94. The van der Waals surface area contributed by atoms with Gasteiger partial charge in [-0.25, -0.2) is 4.79 Å². The van der Waals surface area contributed by atoms with Crippen LogP contribution in [0.4, 0.5) is 11.4 Å². The quantitative estimate of drug-likeness (QED) is 0.712. The van der Waals surface area contributed by atoms with Crippen molar-refractivity contribution in [2.75, 3.05) is 17.2 Å². The van der Waals surface area contributed by atoms with Gasteiger partial charge in [-0.1, -0.05) is 0 Å². The van der Waals surface area contributed by atoms with Gasteiger partial charge in [0.15, 0.2) is 12.7 Å². The average molecular weight is 381 g/mol. The summed E-state index contributed by atoms with van der Waals surface area (Å²) in [6.45, 7) is 2.43. The zero-order valence-electron chi connectivity index (χ0n) is 15.4. The standard InChI is InChI=1S/C20H19N3O5/c1-13(28-18-9-3-15(11-21)4-10-18)20(26)27-12-19(25)23-17-7-5-16(6-8-17)22-14(2)24/h3-10,13H,12H2,1-2H3,(H,22,24)(H,23,25)/t13-/m0/s1. The van der Waals surface area contributed by atoms with Gasteiger partial charge in [-0.05, 0) is 55.5 Å². The van der Waals surface area contributed by atoms with E-state index in [-0.39, 0.29) is 5.91 Å². The maximum absolute atomic E-state index is 12.0. The van der Waals surface area contributed by atoms with E-state index < -0.39 is 24.6 Å². The molecule has 1 atom stereocenters. The highest BCUT2D eigenvalue weighted by atomic mass is 16.6. The van der Waals surface area contributed by atoms with E-state index in [0.29, 0.717) is 22.7 Å². The number of hydrogen-bond acceptors (Lipinski definition) is 6. The number of carbonyl (C=O) groups excluding carboxylic acids is 3. The van der Waals surface area contributed by atoms with Crippen LogP contribution in [0.1, 0.15) is 19.4 Å². The number of nitrogens with zero attached hydrogens (tertiary/aromatic N) is 1. The van der Waals surface area contributed by atoms with Crippen molar-refractivity contribution in [3.8, 4) is 11.8 Å². The predicted octanol–water partition coefficient (Wildman–Crippen LogP) is 2.47. The molecule has 0 heterocycles. The first-order valence-corrected chi connectivity index (χ1v) is 8.38. The number of rotatable bonds is 7. The maximum atomic E-state index is 12.0. The molecule has 2 amide bonds. The summed E-state index contributed by atoms with van der Waals surface area (Å²) in [7, 11) is 0. The molecule has 0 bridgehead atoms. The van der Waals surface area contributed by atoms with Crippen LogP contribution in [0.2, 0.25) is 0 Å². The summed E-state index contributed by atoms with van der Waals surface area (Å²) in [5, 5.41) is 13.9. The predicted molar refractivity (Wildman–Crippen MR) is 102 cm³/mol. The first-order valence-electron chi connectivity index (χ1n) is 8.38. The fourth-order valence-electron chi connectivity index (χ4n) is 2.15. The first kappa shape index (κ1) is 20.5. The van der Waals surface area contributed by atoms with Crippen LogP contribution in [0.25, 0.3) is 0 Å². The van der Waals surface area contributed by atoms with Gasteiger partial charge in [0.2, 0.25) is 5.91 Å². The SMILES string of the molecule is CC(=O)Nc1ccc(NC(=O)COC(=O)[C@H](C)Oc2ccc(C#N)cc2)cc1. The third kappa shape index (κ3) is 6.46. The van der Waals surface area contributed by atoms with Crippen LogP contribution in [0.15, 0.2) is 48.5 Å². The minimum atomic E-state index is -0.919. The molecular formula is C20H19N3O5. The van der Waals surface area contributed by atoms with E-state index in [1.807, 2.05) is 6.07 Å². The highest BCUT2D eigenvalue weighted by Gasteiger charge is 2.18. The van der Waals surface area contributed by atoms with Crippen LogP contribution in [0.3, 0.4) is 0 Å². The maximum Gasteiger partial charge on any atom is 0.347 e. The molecule has 0 spiro atoms. The van der Waals surface area contributed by atoms with E-state index in [1.165, 1.54) is 13.8 Å². The second kappa shape index (κ2) is 9.73. The van der Waals surface area contributed by atoms with Gasteiger partial charge in [-0.15, -0.1) is 0 Å². The number of esters is 1. The zero-order valence-corrected chi connectivity index (χ0v) is 15.4. The van der Waals surface area contributed by atoms with Crippen molar-refractivity contribution >= 4 is 29.2 Å². The number of anilines is 2. The Kier molecular flexibility index (Phi) is 7.11. The van der Waals surface area contributed by atoms with E-state index in [9.17, 15) is 14.4 Å². The highest BCUT2D eigenvalue weighted by Crippen LogP contribution is 2.15. The number of benzene rings is 2. The lowest BCUT2D eigenvalue weighted by molar-refractivity contribution is -0.153. The minimum absolute atomic E-state index is 0.193. The normalized spacial score (nSPS) is 10.9. The number of hydrogen-bond donors (Lipinski definition) is 2. The van der Waals surface area contributed by atoms with Gasteiger partial charge in [-0.2, -0.15) is 5.26 Å². The average Bonchev–Trinajstić information content (AvgIpc) is 2.67. The van der Waals surface area contributed by atoms with Crippen LogP contribution in [0.5, 0.6) is 5.75 Å². The van der Waals surface area contributed by atoms with Gasteiger partial charge >= 0.3 is 5.97 Å². The van der Waals surface area contributed by atoms with Gasteiger partial charge in [-0.3, -0.25) is 9.59 Å². The molecule has 144 valence electrons. The van der Waals surface area contributed by atoms with Gasteiger partial charge in [0.05, 0.1) is 11.6 Å². The molecule has 0 aliphatic heterocycles. The molecule has 2 aromatic carbocycles. The van der Waals surface area contributed by atoms with Crippen molar-refractivity contribution in [1.29, 1.82) is 5.26 Å². The van der Waals surface area contributed by atoms with Gasteiger partial charge < -0.3 is 20.1 Å². The summed E-state index contributed by atoms with van der Waals surface area (Å²) >= 11 is 0. The Balaban J connectivity index is 1.78. The Labute approximate surface area is 162 Å². The summed E-state index contributed by atoms with van der Waals surface area (Å²) in [6, 6.07) is 14.8. The monoisotopic (exact) mass is 381 g/mol. The Hall–Kier alpha value is -3.86. The van der Waals surface area contributed by atoms with Crippen molar-refractivity contribution in [3.63, 3.8) is 0 Å². The third-order valence-electron chi connectivity index (χ3n) is 3.46. The summed E-state index contributed by atoms with van der Waals surface area (Å²) in [5.41, 5.74) is 1.58. The fourth-order valence-corrected chi connectivity index (χ4v) is 2.15. The molecule has 0 saturated carbocycles. The van der Waals surface area contributed by atoms with Crippen molar-refractivity contribution in [1.82, 2.24) is 0 Å². The van der Waals surface area contributed by atoms with Crippen LogP contribution in [-0.2, 0) is 19.1 Å². The number of nitriles is 1. The largest absolute Gasteiger partial charge is 0.479 e. The lowest BCUT2D eigenvalue weighted by Gasteiger charge is -2.14. The molecule has 0 unspecified atom stereocenters. The molecule has 2 N–H and O–H groups in total. The molecular weight excluding hydrogens is 362 g/mol. The third-order valence-corrected chi connectivity index (χ3v) is 3.46. The molecule has 0 radical (unpaired) electrons. The van der Waals surface area contributed by atoms with Crippen LogP contribution < -0.4 is 15.4 Å². The van der Waals surface area contributed by atoms with E-state index in [0.717, 1.165) is 0 Å². The molecule has 28 heavy (non-hydrogen) atoms. The molecule has 0 aliphatic carbocycles. The lowest BCUT2D eigenvalue weighted by Crippen LogP contribution is -2.29. The number of carbonyl (C=O) groups is 3. The Bertz CT molecular complexity index is 886. The van der Waals surface area contributed by atoms with E-state index in [1.54, 1.807) is 48.5 Å². The minimum Gasteiger partial charge on any atom is -0.479 e. The Morgan fingerprint density at radius 1 is 1.00 bits per heavy atom. The molecule has 8 nitrogen and oxygen atoms in total. The molecule has 8 heteroatoms. The molecule has 0 aromatic heterocycles. The van der Waals surface area contributed by atoms with Gasteiger partial charge in [0.1, 0.15) is 5.75 Å². The second-order valence-electron chi connectivity index (χ2n) is 5.81. The number of nitrogens with one attached hydrogen (secondary N) is 2. The lowest BCUT2D eigenvalue weighted by atomic mass is 10.2. The summed E-state index contributed by atoms with van der Waals surface area (Å²) in [5.74, 6) is -0.986. The summed E-state index contributed by atoms with van der Waals surface area (Å²) in [6.07, 6.45) is -0.919. The van der Waals surface area contributed by atoms with E-state index in [4.69, 9.17) is 14.7 Å². The van der Waals surface area contributed by atoms with Gasteiger partial charge in [0.25, 0.3) is 5.91 Å². The van der Waals surface area contributed by atoms with Crippen molar-refractivity contribution in [3.05, 3.63) is 54.1 Å². The molecule has 2 rings (SSSR count). The van der Waals surface area contributed by atoms with Crippen LogP contribution in [0, 0.1) is 11.3 Å². The second-order valence-corrected chi connectivity index (χ2v) is 5.81. The molecule has 0 fully saturated rings. The van der Waals surface area contributed by atoms with Crippen molar-refractivity contribution in [2.24, 2.45) is 0 Å². The zero-order chi connectivity index (χ0) is 20.5. The van der Waals surface area contributed by atoms with Crippen molar-refractivity contribution < 1.29 is 23.9 Å². The van der Waals surface area contributed by atoms with E-state index >= 15 is 0 Å². The van der Waals surface area contributed by atoms with E-state index in [2.05, 4.69) is 10.6 Å². The topological polar surface area (TPSA) is 118 Å². The molecule has 0 aliphatic rings. The Morgan fingerprint density at radius 2 is 1.57 bits per heavy atom. The Morgan fingerprint density at radius 3 is 2.11 bits per heavy atom. The smallest absolute Gasteiger partial charge is 0.347 e. The number of ether oxygens (including phenoxy) is 2. The summed E-state index contributed by atoms with van der Waals surface area (Å²) in [4.78, 5) is 34.8. The van der Waals surface area contributed by atoms with Crippen LogP contribution in [-0.4, -0.2) is 30.5 Å². The first-order chi connectivity index (χ1) is 13.4. The summed E-state index contributed by atoms with van der Waals surface area (Å²) < 4.78 is 10.4. The van der Waals surface area contributed by atoms with Crippen molar-refractivity contribution in [2.45, 2.75) is 20.0 Å².